The van der Waals surface area contributed by atoms with Crippen LogP contribution < -0.4 is 16.6 Å². The van der Waals surface area contributed by atoms with Gasteiger partial charge >= 0.3 is 5.69 Å². The van der Waals surface area contributed by atoms with Gasteiger partial charge in [0.25, 0.3) is 11.5 Å². The van der Waals surface area contributed by atoms with Gasteiger partial charge in [-0.25, -0.2) is 4.79 Å². The maximum Gasteiger partial charge on any atom is 0.349 e. The number of hydrogen-bond donors (Lipinski definition) is 2. The van der Waals surface area contributed by atoms with E-state index in [1.165, 1.54) is 18.2 Å². The molecule has 2 N–H and O–H groups in total. The van der Waals surface area contributed by atoms with E-state index in [0.29, 0.717) is 23.0 Å². The van der Waals surface area contributed by atoms with Crippen molar-refractivity contribution < 1.29 is 4.79 Å². The van der Waals surface area contributed by atoms with Gasteiger partial charge in [-0.3, -0.25) is 14.6 Å². The summed E-state index contributed by atoms with van der Waals surface area (Å²) in [6, 6.07) is 9.55. The molecule has 0 aliphatic carbocycles. The number of aromatic amines is 1. The molecule has 0 spiro atoms. The van der Waals surface area contributed by atoms with Crippen molar-refractivity contribution in [3.05, 3.63) is 89.6 Å². The Kier molecular flexibility index (Phi) is 6.18. The minimum absolute atomic E-state index is 0.168. The predicted octanol–water partition coefficient (Wildman–Crippen LogP) is 2.85. The molecule has 28 heavy (non-hydrogen) atoms. The highest BCUT2D eigenvalue weighted by Gasteiger charge is 2.13. The monoisotopic (exact) mass is 438 g/mol. The third-order valence-electron chi connectivity index (χ3n) is 3.85. The smallest absolute Gasteiger partial charge is 0.349 e. The molecule has 0 unspecified atom stereocenters. The lowest BCUT2D eigenvalue weighted by Gasteiger charge is -2.10. The highest BCUT2D eigenvalue weighted by Crippen LogP contribution is 2.22. The average Bonchev–Trinajstić information content (AvgIpc) is 2.64. The van der Waals surface area contributed by atoms with E-state index in [4.69, 9.17) is 34.8 Å². The third kappa shape index (κ3) is 4.62. The van der Waals surface area contributed by atoms with Crippen LogP contribution in [0.4, 0.5) is 0 Å². The second-order valence-corrected chi connectivity index (χ2v) is 7.01. The molecule has 3 rings (SSSR count). The Bertz CT molecular complexity index is 1160. The van der Waals surface area contributed by atoms with Gasteiger partial charge in [-0.05, 0) is 42.3 Å². The van der Waals surface area contributed by atoms with Gasteiger partial charge in [0.05, 0.1) is 16.3 Å². The van der Waals surface area contributed by atoms with Gasteiger partial charge in [0.15, 0.2) is 0 Å². The second kappa shape index (κ2) is 8.60. The van der Waals surface area contributed by atoms with Crippen LogP contribution in [0.5, 0.6) is 0 Å². The van der Waals surface area contributed by atoms with Gasteiger partial charge in [-0.15, -0.1) is 0 Å². The number of benzene rings is 2. The molecule has 0 saturated carbocycles. The van der Waals surface area contributed by atoms with E-state index in [1.54, 1.807) is 18.2 Å². The molecule has 0 aliphatic heterocycles. The third-order valence-corrected chi connectivity index (χ3v) is 4.76. The van der Waals surface area contributed by atoms with Crippen molar-refractivity contribution in [2.45, 2.75) is 6.42 Å². The van der Waals surface area contributed by atoms with Crippen molar-refractivity contribution in [2.24, 2.45) is 0 Å². The summed E-state index contributed by atoms with van der Waals surface area (Å²) in [5, 5.41) is 7.77. The van der Waals surface area contributed by atoms with Crippen LogP contribution in [0.1, 0.15) is 15.9 Å². The van der Waals surface area contributed by atoms with Crippen LogP contribution in [0.25, 0.3) is 5.69 Å². The highest BCUT2D eigenvalue weighted by molar-refractivity contribution is 6.35. The number of carbonyl (C=O) groups is 1. The number of hydrogen-bond acceptors (Lipinski definition) is 4. The van der Waals surface area contributed by atoms with E-state index >= 15 is 0 Å². The topological polar surface area (TPSA) is 96.8 Å². The molecule has 3 aromatic rings. The molecule has 1 aromatic heterocycles. The van der Waals surface area contributed by atoms with Gasteiger partial charge in [-0.1, -0.05) is 40.9 Å². The number of carbonyl (C=O) groups excluding carboxylic acids is 1. The Morgan fingerprint density at radius 1 is 1.07 bits per heavy atom. The van der Waals surface area contributed by atoms with Gasteiger partial charge < -0.3 is 5.32 Å². The fourth-order valence-corrected chi connectivity index (χ4v) is 3.19. The molecular formula is C18H13Cl3N4O3. The minimum atomic E-state index is -0.724. The summed E-state index contributed by atoms with van der Waals surface area (Å²) in [5.41, 5.74) is -0.0411. The van der Waals surface area contributed by atoms with Crippen LogP contribution in [-0.2, 0) is 6.42 Å². The summed E-state index contributed by atoms with van der Waals surface area (Å²) in [6.45, 7) is 0.317. The van der Waals surface area contributed by atoms with Crippen molar-refractivity contribution in [2.75, 3.05) is 6.54 Å². The number of halogens is 3. The molecule has 0 radical (unpaired) electrons. The van der Waals surface area contributed by atoms with Crippen LogP contribution in [0, 0.1) is 0 Å². The molecular weight excluding hydrogens is 427 g/mol. The fourth-order valence-electron chi connectivity index (χ4n) is 2.49. The van der Waals surface area contributed by atoms with E-state index in [-0.39, 0.29) is 16.3 Å². The minimum Gasteiger partial charge on any atom is -0.352 e. The van der Waals surface area contributed by atoms with Crippen LogP contribution in [0.2, 0.25) is 15.1 Å². The fraction of sp³-hybridized carbons (Fsp3) is 0.111. The molecule has 1 heterocycles. The van der Waals surface area contributed by atoms with Gasteiger partial charge in [0.2, 0.25) is 0 Å². The first-order chi connectivity index (χ1) is 13.3. The van der Waals surface area contributed by atoms with Gasteiger partial charge in [0, 0.05) is 16.6 Å². The molecule has 144 valence electrons. The summed E-state index contributed by atoms with van der Waals surface area (Å²) < 4.78 is 0.960. The van der Waals surface area contributed by atoms with E-state index in [0.717, 1.165) is 16.4 Å². The Labute approximate surface area is 173 Å². The molecule has 7 nitrogen and oxygen atoms in total. The molecule has 0 aliphatic rings. The number of amides is 1. The summed E-state index contributed by atoms with van der Waals surface area (Å²) in [4.78, 5) is 37.6. The highest BCUT2D eigenvalue weighted by atomic mass is 35.5. The Balaban J connectivity index is 1.76. The predicted molar refractivity (Wildman–Crippen MR) is 108 cm³/mol. The standard InChI is InChI=1S/C18H13Cl3N4O3/c19-11-2-1-10(15(21)7-11)5-6-22-17(27)13-8-12(3-4-14(13)20)25-18(28)24-16(26)9-23-25/h1-4,7-9H,5-6H2,(H,22,27)(H,24,26,28). The van der Waals surface area contributed by atoms with Crippen molar-refractivity contribution in [1.82, 2.24) is 20.1 Å². The zero-order valence-electron chi connectivity index (χ0n) is 14.2. The summed E-state index contributed by atoms with van der Waals surface area (Å²) in [6.07, 6.45) is 1.46. The molecule has 10 heteroatoms. The first-order valence-corrected chi connectivity index (χ1v) is 9.19. The molecule has 1 amide bonds. The van der Waals surface area contributed by atoms with Crippen LogP contribution >= 0.6 is 34.8 Å². The van der Waals surface area contributed by atoms with E-state index in [1.807, 2.05) is 0 Å². The Morgan fingerprint density at radius 2 is 1.86 bits per heavy atom. The summed E-state index contributed by atoms with van der Waals surface area (Å²) in [5.74, 6) is -0.422. The molecule has 0 atom stereocenters. The normalized spacial score (nSPS) is 10.7. The Hall–Kier alpha value is -2.61. The zero-order chi connectivity index (χ0) is 20.3. The first kappa shape index (κ1) is 20.1. The molecule has 2 aromatic carbocycles. The van der Waals surface area contributed by atoms with Crippen LogP contribution in [-0.4, -0.2) is 27.2 Å². The number of H-pyrrole nitrogens is 1. The lowest BCUT2D eigenvalue weighted by Crippen LogP contribution is -2.31. The van der Waals surface area contributed by atoms with Crippen LogP contribution in [0.3, 0.4) is 0 Å². The summed E-state index contributed by atoms with van der Waals surface area (Å²) >= 11 is 18.1. The molecule has 0 fully saturated rings. The maximum atomic E-state index is 12.5. The zero-order valence-corrected chi connectivity index (χ0v) is 16.5. The van der Waals surface area contributed by atoms with E-state index in [2.05, 4.69) is 15.4 Å². The van der Waals surface area contributed by atoms with E-state index in [9.17, 15) is 14.4 Å². The van der Waals surface area contributed by atoms with Gasteiger partial charge in [-0.2, -0.15) is 9.78 Å². The Morgan fingerprint density at radius 3 is 2.57 bits per heavy atom. The molecule has 0 bridgehead atoms. The number of nitrogens with one attached hydrogen (secondary N) is 2. The number of aromatic nitrogens is 3. The summed E-state index contributed by atoms with van der Waals surface area (Å²) in [7, 11) is 0. The van der Waals surface area contributed by atoms with Crippen molar-refractivity contribution in [3.63, 3.8) is 0 Å². The van der Waals surface area contributed by atoms with Crippen molar-refractivity contribution in [3.8, 4) is 5.69 Å². The lowest BCUT2D eigenvalue weighted by atomic mass is 10.1. The first-order valence-electron chi connectivity index (χ1n) is 8.06. The number of nitrogens with zero attached hydrogens (tertiary/aromatic N) is 2. The largest absolute Gasteiger partial charge is 0.352 e. The quantitative estimate of drug-likeness (QED) is 0.639. The average molecular weight is 440 g/mol. The van der Waals surface area contributed by atoms with E-state index < -0.39 is 17.2 Å². The SMILES string of the molecule is O=C(NCCc1ccc(Cl)cc1Cl)c1cc(-n2ncc(=O)[nH]c2=O)ccc1Cl. The van der Waals surface area contributed by atoms with Crippen LogP contribution in [0.15, 0.2) is 52.2 Å². The molecule has 0 saturated heterocycles. The second-order valence-electron chi connectivity index (χ2n) is 5.76. The van der Waals surface area contributed by atoms with Crippen molar-refractivity contribution in [1.29, 1.82) is 0 Å². The van der Waals surface area contributed by atoms with Crippen molar-refractivity contribution >= 4 is 40.7 Å². The maximum absolute atomic E-state index is 12.5. The lowest BCUT2D eigenvalue weighted by molar-refractivity contribution is 0.0954. The number of rotatable bonds is 5. The van der Waals surface area contributed by atoms with Gasteiger partial charge in [0.1, 0.15) is 6.20 Å².